The number of aromatic amines is 1. The first kappa shape index (κ1) is 12.1. The van der Waals surface area contributed by atoms with Crippen molar-refractivity contribution in [3.05, 3.63) is 59.9 Å². The molecular weight excluding hydrogens is 259 g/mol. The largest absolute Gasteiger partial charge is 0.398 e. The second-order valence-corrected chi connectivity index (χ2v) is 5.33. The number of nitrogens with two attached hydrogens (primary N) is 1. The quantitative estimate of drug-likeness (QED) is 0.554. The Bertz CT molecular complexity index is 668. The number of rotatable bonds is 3. The molecule has 0 amide bonds. The van der Waals surface area contributed by atoms with Crippen LogP contribution in [0.5, 0.6) is 0 Å². The molecule has 19 heavy (non-hydrogen) atoms. The summed E-state index contributed by atoms with van der Waals surface area (Å²) in [6.45, 7) is 0. The second-order valence-electron chi connectivity index (χ2n) is 4.32. The minimum absolute atomic E-state index is 0.247. The lowest BCUT2D eigenvalue weighted by Crippen LogP contribution is -1.96. The van der Waals surface area contributed by atoms with Crippen LogP contribution in [0.25, 0.3) is 10.9 Å². The van der Waals surface area contributed by atoms with Crippen LogP contribution >= 0.6 is 11.8 Å². The average Bonchev–Trinajstić information content (AvgIpc) is 2.81. The van der Waals surface area contributed by atoms with E-state index in [1.165, 1.54) is 6.07 Å². The number of aromatic nitrogens is 1. The van der Waals surface area contributed by atoms with E-state index in [9.17, 15) is 4.39 Å². The predicted molar refractivity (Wildman–Crippen MR) is 78.7 cm³/mol. The van der Waals surface area contributed by atoms with Gasteiger partial charge in [-0.05, 0) is 24.3 Å². The molecule has 1 heterocycles. The molecule has 2 nitrogen and oxygen atoms in total. The Hall–Kier alpha value is -1.94. The molecule has 3 rings (SSSR count). The normalized spacial score (nSPS) is 11.0. The highest BCUT2D eigenvalue weighted by Crippen LogP contribution is 2.29. The molecule has 3 aromatic rings. The van der Waals surface area contributed by atoms with Crippen molar-refractivity contribution in [1.82, 2.24) is 4.98 Å². The Morgan fingerprint density at radius 1 is 1.11 bits per heavy atom. The van der Waals surface area contributed by atoms with Gasteiger partial charge in [0.15, 0.2) is 0 Å². The Balaban J connectivity index is 1.82. The van der Waals surface area contributed by atoms with Gasteiger partial charge in [-0.2, -0.15) is 0 Å². The van der Waals surface area contributed by atoms with Gasteiger partial charge in [-0.25, -0.2) is 4.39 Å². The van der Waals surface area contributed by atoms with E-state index in [0.717, 1.165) is 15.9 Å². The topological polar surface area (TPSA) is 41.8 Å². The van der Waals surface area contributed by atoms with Crippen molar-refractivity contribution in [3.8, 4) is 0 Å². The smallest absolute Gasteiger partial charge is 0.129 e. The van der Waals surface area contributed by atoms with Crippen molar-refractivity contribution < 1.29 is 4.39 Å². The monoisotopic (exact) mass is 272 g/mol. The number of para-hydroxylation sites is 1. The summed E-state index contributed by atoms with van der Waals surface area (Å²) in [5.74, 6) is 0.273. The van der Waals surface area contributed by atoms with Crippen molar-refractivity contribution in [2.75, 3.05) is 5.73 Å². The zero-order valence-corrected chi connectivity index (χ0v) is 11.0. The third-order valence-corrected chi connectivity index (χ3v) is 4.00. The summed E-state index contributed by atoms with van der Waals surface area (Å²) in [6.07, 6.45) is 0. The van der Waals surface area contributed by atoms with Crippen LogP contribution in [0.1, 0.15) is 5.56 Å². The maximum atomic E-state index is 13.7. The van der Waals surface area contributed by atoms with Gasteiger partial charge in [0.2, 0.25) is 0 Å². The second kappa shape index (κ2) is 4.97. The molecular formula is C15H13FN2S. The number of fused-ring (bicyclic) bond motifs is 1. The fourth-order valence-corrected chi connectivity index (χ4v) is 3.00. The first-order chi connectivity index (χ1) is 9.24. The number of nitrogen functional groups attached to an aromatic ring is 1. The molecule has 0 spiro atoms. The Morgan fingerprint density at radius 2 is 1.95 bits per heavy atom. The third-order valence-electron chi connectivity index (χ3n) is 3.03. The van der Waals surface area contributed by atoms with Gasteiger partial charge in [0.1, 0.15) is 5.82 Å². The van der Waals surface area contributed by atoms with E-state index >= 15 is 0 Å². The minimum Gasteiger partial charge on any atom is -0.398 e. The van der Waals surface area contributed by atoms with Crippen LogP contribution < -0.4 is 5.73 Å². The first-order valence-electron chi connectivity index (χ1n) is 5.97. The molecule has 2 aromatic carbocycles. The van der Waals surface area contributed by atoms with Crippen LogP contribution in [0.4, 0.5) is 10.1 Å². The van der Waals surface area contributed by atoms with Crippen LogP contribution in [0.15, 0.2) is 53.6 Å². The summed E-state index contributed by atoms with van der Waals surface area (Å²) in [6, 6.07) is 14.9. The van der Waals surface area contributed by atoms with Crippen molar-refractivity contribution >= 4 is 28.4 Å². The summed E-state index contributed by atoms with van der Waals surface area (Å²) in [5.41, 5.74) is 7.95. The molecule has 0 saturated heterocycles. The zero-order chi connectivity index (χ0) is 13.2. The molecule has 0 bridgehead atoms. The third kappa shape index (κ3) is 2.44. The van der Waals surface area contributed by atoms with Gasteiger partial charge in [-0.3, -0.25) is 0 Å². The zero-order valence-electron chi connectivity index (χ0n) is 10.2. The number of hydrogen-bond donors (Lipinski definition) is 2. The lowest BCUT2D eigenvalue weighted by atomic mass is 10.2. The molecule has 96 valence electrons. The maximum absolute atomic E-state index is 13.7. The molecule has 4 heteroatoms. The van der Waals surface area contributed by atoms with E-state index in [1.807, 2.05) is 24.3 Å². The van der Waals surface area contributed by atoms with Crippen LogP contribution in [0.3, 0.4) is 0 Å². The summed E-state index contributed by atoms with van der Waals surface area (Å²) in [4.78, 5) is 3.30. The van der Waals surface area contributed by atoms with E-state index in [1.54, 1.807) is 23.9 Å². The summed E-state index contributed by atoms with van der Waals surface area (Å²) in [5, 5.41) is 2.18. The summed E-state index contributed by atoms with van der Waals surface area (Å²) < 4.78 is 13.7. The molecule has 3 N–H and O–H groups in total. The van der Waals surface area contributed by atoms with Crippen molar-refractivity contribution in [1.29, 1.82) is 0 Å². The highest BCUT2D eigenvalue weighted by Gasteiger charge is 2.07. The molecule has 0 aliphatic rings. The Morgan fingerprint density at radius 3 is 2.74 bits per heavy atom. The number of benzene rings is 2. The summed E-state index contributed by atoms with van der Waals surface area (Å²) >= 11 is 1.55. The maximum Gasteiger partial charge on any atom is 0.129 e. The van der Waals surface area contributed by atoms with E-state index in [-0.39, 0.29) is 5.82 Å². The number of thioether (sulfide) groups is 1. The Labute approximate surface area is 114 Å². The van der Waals surface area contributed by atoms with Crippen LogP contribution in [-0.4, -0.2) is 4.98 Å². The highest BCUT2D eigenvalue weighted by atomic mass is 32.2. The van der Waals surface area contributed by atoms with E-state index < -0.39 is 0 Å². The number of H-pyrrole nitrogens is 1. The fourth-order valence-electron chi connectivity index (χ4n) is 2.00. The number of halogens is 1. The molecule has 0 aliphatic carbocycles. The van der Waals surface area contributed by atoms with Gasteiger partial charge in [0.25, 0.3) is 0 Å². The van der Waals surface area contributed by atoms with Gasteiger partial charge in [-0.1, -0.05) is 24.3 Å². The molecule has 0 fully saturated rings. The van der Waals surface area contributed by atoms with Crippen molar-refractivity contribution in [2.45, 2.75) is 10.8 Å². The highest BCUT2D eigenvalue weighted by molar-refractivity contribution is 7.98. The van der Waals surface area contributed by atoms with Crippen LogP contribution in [0, 0.1) is 5.82 Å². The molecule has 0 radical (unpaired) electrons. The average molecular weight is 272 g/mol. The lowest BCUT2D eigenvalue weighted by Gasteiger charge is -2.05. The molecule has 1 aromatic heterocycles. The Kier molecular flexibility index (Phi) is 3.17. The SMILES string of the molecule is Nc1cccc(F)c1CSc1cc2ccccc2[nH]1. The van der Waals surface area contributed by atoms with Gasteiger partial charge < -0.3 is 10.7 Å². The van der Waals surface area contributed by atoms with E-state index in [4.69, 9.17) is 5.73 Å². The van der Waals surface area contributed by atoms with Crippen LogP contribution in [-0.2, 0) is 5.75 Å². The van der Waals surface area contributed by atoms with E-state index in [0.29, 0.717) is 17.0 Å². The molecule has 0 atom stereocenters. The van der Waals surface area contributed by atoms with E-state index in [2.05, 4.69) is 11.1 Å². The van der Waals surface area contributed by atoms with Gasteiger partial charge in [0.05, 0.1) is 5.03 Å². The predicted octanol–water partition coefficient (Wildman–Crippen LogP) is 4.18. The standard InChI is InChI=1S/C15H13FN2S/c16-12-5-3-6-13(17)11(12)9-19-15-8-10-4-1-2-7-14(10)18-15/h1-8,18H,9,17H2. The molecule has 0 aliphatic heterocycles. The minimum atomic E-state index is -0.247. The van der Waals surface area contributed by atoms with Crippen molar-refractivity contribution in [3.63, 3.8) is 0 Å². The number of nitrogens with one attached hydrogen (secondary N) is 1. The number of anilines is 1. The van der Waals surface area contributed by atoms with Gasteiger partial charge >= 0.3 is 0 Å². The van der Waals surface area contributed by atoms with Crippen LogP contribution in [0.2, 0.25) is 0 Å². The lowest BCUT2D eigenvalue weighted by molar-refractivity contribution is 0.618. The summed E-state index contributed by atoms with van der Waals surface area (Å²) in [7, 11) is 0. The first-order valence-corrected chi connectivity index (χ1v) is 6.96. The van der Waals surface area contributed by atoms with Crippen molar-refractivity contribution in [2.24, 2.45) is 0 Å². The van der Waals surface area contributed by atoms with Gasteiger partial charge in [0, 0.05) is 27.9 Å². The number of hydrogen-bond acceptors (Lipinski definition) is 2. The fraction of sp³-hybridized carbons (Fsp3) is 0.0667. The molecule has 0 saturated carbocycles. The molecule has 0 unspecified atom stereocenters. The van der Waals surface area contributed by atoms with Gasteiger partial charge in [-0.15, -0.1) is 11.8 Å².